The lowest BCUT2D eigenvalue weighted by Gasteiger charge is -2.36. The number of halogens is 5. The van der Waals surface area contributed by atoms with Gasteiger partial charge < -0.3 is 15.4 Å². The number of ether oxygens (including phenoxy) is 1. The number of hydrogen-bond donors (Lipinski definition) is 2. The van der Waals surface area contributed by atoms with E-state index in [-0.39, 0.29) is 23.8 Å². The van der Waals surface area contributed by atoms with Crippen LogP contribution in [0.25, 0.3) is 16.9 Å². The number of pyridine rings is 1. The van der Waals surface area contributed by atoms with Gasteiger partial charge in [-0.05, 0) is 37.8 Å². The maximum Gasteiger partial charge on any atom is 0.421 e. The summed E-state index contributed by atoms with van der Waals surface area (Å²) in [6.45, 7) is -0.827. The largest absolute Gasteiger partial charge is 0.467 e. The van der Waals surface area contributed by atoms with Gasteiger partial charge in [-0.1, -0.05) is 5.21 Å². The van der Waals surface area contributed by atoms with Crippen LogP contribution in [0, 0.1) is 0 Å². The molecule has 0 radical (unpaired) electrons. The molecule has 0 aliphatic heterocycles. The van der Waals surface area contributed by atoms with E-state index in [2.05, 4.69) is 45.9 Å². The molecular formula is C26H26F5N11O2. The van der Waals surface area contributed by atoms with Gasteiger partial charge in [0, 0.05) is 48.0 Å². The highest BCUT2D eigenvalue weighted by Crippen LogP contribution is 2.34. The van der Waals surface area contributed by atoms with Crippen LogP contribution in [-0.4, -0.2) is 78.1 Å². The molecule has 4 heterocycles. The van der Waals surface area contributed by atoms with Crippen molar-refractivity contribution in [2.45, 2.75) is 50.4 Å². The van der Waals surface area contributed by atoms with Crippen LogP contribution in [0.3, 0.4) is 0 Å². The normalized spacial score (nSPS) is 16.9. The van der Waals surface area contributed by atoms with Crippen molar-refractivity contribution in [3.63, 3.8) is 0 Å². The zero-order valence-electron chi connectivity index (χ0n) is 23.1. The summed E-state index contributed by atoms with van der Waals surface area (Å²) in [5.74, 6) is -0.244. The molecule has 0 aromatic carbocycles. The zero-order chi connectivity index (χ0) is 31.3. The third kappa shape index (κ3) is 7.12. The van der Waals surface area contributed by atoms with Gasteiger partial charge in [-0.2, -0.15) is 18.2 Å². The number of alkyl halides is 5. The van der Waals surface area contributed by atoms with Crippen LogP contribution in [0.1, 0.15) is 31.2 Å². The molecule has 4 aromatic heterocycles. The van der Waals surface area contributed by atoms with E-state index < -0.39 is 42.6 Å². The van der Waals surface area contributed by atoms with Crippen molar-refractivity contribution in [2.75, 3.05) is 23.9 Å². The van der Waals surface area contributed by atoms with Gasteiger partial charge in [-0.15, -0.1) is 5.10 Å². The molecule has 2 N–H and O–H groups in total. The van der Waals surface area contributed by atoms with Crippen molar-refractivity contribution in [1.82, 2.24) is 45.2 Å². The maximum absolute atomic E-state index is 13.5. The van der Waals surface area contributed by atoms with Gasteiger partial charge in [0.25, 0.3) is 6.43 Å². The van der Waals surface area contributed by atoms with Gasteiger partial charge in [-0.25, -0.2) is 38.2 Å². The van der Waals surface area contributed by atoms with E-state index in [1.54, 1.807) is 24.5 Å². The molecule has 232 valence electrons. The summed E-state index contributed by atoms with van der Waals surface area (Å²) < 4.78 is 72.3. The monoisotopic (exact) mass is 619 g/mol. The first-order valence-corrected chi connectivity index (χ1v) is 13.4. The Hall–Kier alpha value is -5.03. The highest BCUT2D eigenvalue weighted by atomic mass is 19.4. The predicted molar refractivity (Wildman–Crippen MR) is 145 cm³/mol. The second-order valence-electron chi connectivity index (χ2n) is 9.74. The van der Waals surface area contributed by atoms with E-state index in [9.17, 15) is 26.7 Å². The zero-order valence-corrected chi connectivity index (χ0v) is 23.1. The number of aromatic nitrogens is 8. The summed E-state index contributed by atoms with van der Waals surface area (Å²) in [4.78, 5) is 34.9. The molecule has 18 heteroatoms. The first-order valence-electron chi connectivity index (χ1n) is 13.4. The summed E-state index contributed by atoms with van der Waals surface area (Å²) in [5, 5.41) is 12.5. The van der Waals surface area contributed by atoms with E-state index in [4.69, 9.17) is 4.74 Å². The van der Waals surface area contributed by atoms with Crippen LogP contribution >= 0.6 is 0 Å². The van der Waals surface area contributed by atoms with Crippen molar-refractivity contribution >= 4 is 17.8 Å². The van der Waals surface area contributed by atoms with Gasteiger partial charge in [0.05, 0.1) is 26.0 Å². The average molecular weight is 620 g/mol. The quantitative estimate of drug-likeness (QED) is 0.262. The Morgan fingerprint density at radius 3 is 2.36 bits per heavy atom. The van der Waals surface area contributed by atoms with Crippen LogP contribution in [-0.2, 0) is 6.18 Å². The van der Waals surface area contributed by atoms with E-state index in [1.807, 2.05) is 0 Å². The van der Waals surface area contributed by atoms with Gasteiger partial charge in [0.15, 0.2) is 5.82 Å². The number of amides is 2. The molecule has 1 saturated carbocycles. The minimum Gasteiger partial charge on any atom is -0.467 e. The van der Waals surface area contributed by atoms with Gasteiger partial charge >= 0.3 is 18.2 Å². The molecule has 0 spiro atoms. The molecule has 1 aliphatic rings. The molecule has 2 amide bonds. The molecule has 44 heavy (non-hydrogen) atoms. The fourth-order valence-corrected chi connectivity index (χ4v) is 4.78. The SMILES string of the molecule is COc1ncc(-c2ccc(N(C(=O)NCC(F)F)C3CCC(Nc4ncc(C(F)(F)F)c(-n5ccnn5)n4)CC3)nc2)cn1. The lowest BCUT2D eigenvalue weighted by molar-refractivity contribution is -0.138. The van der Waals surface area contributed by atoms with Crippen molar-refractivity contribution in [1.29, 1.82) is 0 Å². The molecule has 1 aliphatic carbocycles. The highest BCUT2D eigenvalue weighted by molar-refractivity contribution is 5.91. The number of rotatable bonds is 9. The van der Waals surface area contributed by atoms with Gasteiger partial charge in [0.2, 0.25) is 5.95 Å². The number of nitrogens with zero attached hydrogens (tertiary/aromatic N) is 9. The van der Waals surface area contributed by atoms with Crippen LogP contribution in [0.4, 0.5) is 38.5 Å². The minimum absolute atomic E-state index is 0.0294. The second-order valence-corrected chi connectivity index (χ2v) is 9.74. The molecular weight excluding hydrogens is 593 g/mol. The number of anilines is 2. The Morgan fingerprint density at radius 2 is 1.77 bits per heavy atom. The molecule has 13 nitrogen and oxygen atoms in total. The number of methoxy groups -OCH3 is 1. The maximum atomic E-state index is 13.5. The summed E-state index contributed by atoms with van der Waals surface area (Å²) in [6, 6.07) is 2.16. The summed E-state index contributed by atoms with van der Waals surface area (Å²) in [6.07, 6.45) is 2.17. The topological polar surface area (TPSA) is 149 Å². The Morgan fingerprint density at radius 1 is 1.05 bits per heavy atom. The molecule has 0 unspecified atom stereocenters. The Kier molecular flexibility index (Phi) is 9.05. The Bertz CT molecular complexity index is 1530. The molecule has 0 bridgehead atoms. The minimum atomic E-state index is -4.71. The molecule has 1 fully saturated rings. The molecule has 0 saturated heterocycles. The number of carbonyl (C=O) groups excluding carboxylic acids is 1. The van der Waals surface area contributed by atoms with Gasteiger partial charge in [-0.3, -0.25) is 4.90 Å². The molecule has 4 aromatic rings. The first-order chi connectivity index (χ1) is 21.1. The Balaban J connectivity index is 1.30. The fraction of sp³-hybridized carbons (Fsp3) is 0.385. The van der Waals surface area contributed by atoms with Gasteiger partial charge in [0.1, 0.15) is 11.4 Å². The van der Waals surface area contributed by atoms with E-state index in [0.717, 1.165) is 4.68 Å². The number of carbonyl (C=O) groups is 1. The third-order valence-electron chi connectivity index (χ3n) is 6.87. The first kappa shape index (κ1) is 30.4. The van der Waals surface area contributed by atoms with Crippen LogP contribution in [0.15, 0.2) is 49.3 Å². The summed E-state index contributed by atoms with van der Waals surface area (Å²) in [7, 11) is 1.45. The number of urea groups is 1. The Labute approximate surface area is 246 Å². The van der Waals surface area contributed by atoms with Crippen LogP contribution in [0.5, 0.6) is 6.01 Å². The van der Waals surface area contributed by atoms with E-state index in [1.165, 1.54) is 30.6 Å². The average Bonchev–Trinajstić information content (AvgIpc) is 3.56. The molecule has 5 rings (SSSR count). The van der Waals surface area contributed by atoms with Crippen molar-refractivity contribution in [3.05, 3.63) is 54.9 Å². The van der Waals surface area contributed by atoms with Crippen molar-refractivity contribution in [2.24, 2.45) is 0 Å². The highest BCUT2D eigenvalue weighted by Gasteiger charge is 2.37. The van der Waals surface area contributed by atoms with E-state index in [0.29, 0.717) is 43.0 Å². The van der Waals surface area contributed by atoms with Crippen molar-refractivity contribution in [3.8, 4) is 23.0 Å². The standard InChI is InChI=1S/C26H26F5N11O2/c1-44-24-34-11-16(12-35-24)15-2-7-21(32-10-15)42(25(43)36-14-20(27)28)18-5-3-17(4-6-18)38-23-33-13-19(26(29,30)31)22(39-23)41-9-8-37-40-41/h2,7-13,17-18,20H,3-6,14H2,1H3,(H,36,43)(H,33,38,39). The number of nitrogens with one attached hydrogen (secondary N) is 2. The predicted octanol–water partition coefficient (Wildman–Crippen LogP) is 4.14. The second kappa shape index (κ2) is 13.1. The summed E-state index contributed by atoms with van der Waals surface area (Å²) in [5.41, 5.74) is 0.252. The summed E-state index contributed by atoms with van der Waals surface area (Å²) >= 11 is 0. The lowest BCUT2D eigenvalue weighted by Crippen LogP contribution is -2.50. The smallest absolute Gasteiger partial charge is 0.421 e. The third-order valence-corrected chi connectivity index (χ3v) is 6.87. The fourth-order valence-electron chi connectivity index (χ4n) is 4.78. The van der Waals surface area contributed by atoms with E-state index >= 15 is 0 Å². The van der Waals surface area contributed by atoms with Crippen LogP contribution in [0.2, 0.25) is 0 Å². The lowest BCUT2D eigenvalue weighted by atomic mass is 9.90. The molecule has 0 atom stereocenters. The van der Waals surface area contributed by atoms with Crippen molar-refractivity contribution < 1.29 is 31.5 Å². The van der Waals surface area contributed by atoms with Crippen LogP contribution < -0.4 is 20.3 Å². The number of hydrogen-bond acceptors (Lipinski definition) is 10.